The Labute approximate surface area is 127 Å². The van der Waals surface area contributed by atoms with Gasteiger partial charge >= 0.3 is 0 Å². The number of benzene rings is 1. The smallest absolute Gasteiger partial charge is 0.259 e. The zero-order valence-corrected chi connectivity index (χ0v) is 13.7. The molecule has 102 valence electrons. The van der Waals surface area contributed by atoms with Crippen LogP contribution >= 0.6 is 22.6 Å². The number of guanidine groups is 1. The van der Waals surface area contributed by atoms with Crippen LogP contribution in [0, 0.1) is 3.57 Å². The van der Waals surface area contributed by atoms with E-state index in [0.29, 0.717) is 5.96 Å². The standard InChI is InChI=1S/C14H18IN3O/c1-13(2,3)17-12-16-11(19)14(4,18-12)9-5-7-10(15)8-6-9/h5-8H,1-4H3,(H2,16,17,18,19). The number of halogens is 1. The lowest BCUT2D eigenvalue weighted by Gasteiger charge is -2.21. The lowest BCUT2D eigenvalue weighted by atomic mass is 9.93. The second kappa shape index (κ2) is 4.77. The summed E-state index contributed by atoms with van der Waals surface area (Å²) in [6, 6.07) is 7.87. The largest absolute Gasteiger partial charge is 0.351 e. The van der Waals surface area contributed by atoms with Crippen molar-refractivity contribution in [2.75, 3.05) is 0 Å². The third-order valence-corrected chi connectivity index (χ3v) is 3.63. The Hall–Kier alpha value is -1.11. The Balaban J connectivity index is 2.32. The summed E-state index contributed by atoms with van der Waals surface area (Å²) in [5.74, 6) is 0.444. The van der Waals surface area contributed by atoms with Crippen molar-refractivity contribution >= 4 is 34.5 Å². The number of carbonyl (C=O) groups is 1. The Kier molecular flexibility index (Phi) is 3.59. The molecule has 0 bridgehead atoms. The highest BCUT2D eigenvalue weighted by Crippen LogP contribution is 2.29. The van der Waals surface area contributed by atoms with E-state index in [1.807, 2.05) is 52.0 Å². The van der Waals surface area contributed by atoms with Gasteiger partial charge < -0.3 is 5.32 Å². The highest BCUT2D eigenvalue weighted by Gasteiger charge is 2.41. The Morgan fingerprint density at radius 2 is 1.84 bits per heavy atom. The van der Waals surface area contributed by atoms with Crippen molar-refractivity contribution in [1.82, 2.24) is 10.6 Å². The van der Waals surface area contributed by atoms with Crippen molar-refractivity contribution in [3.63, 3.8) is 0 Å². The van der Waals surface area contributed by atoms with E-state index in [2.05, 4.69) is 38.2 Å². The van der Waals surface area contributed by atoms with Gasteiger partial charge in [-0.15, -0.1) is 0 Å². The first-order chi connectivity index (χ1) is 8.71. The fraction of sp³-hybridized carbons (Fsp3) is 0.429. The van der Waals surface area contributed by atoms with E-state index in [1.54, 1.807) is 0 Å². The second-order valence-electron chi connectivity index (χ2n) is 5.87. The molecule has 4 nitrogen and oxygen atoms in total. The molecular weight excluding hydrogens is 353 g/mol. The van der Waals surface area contributed by atoms with Crippen LogP contribution in [0.4, 0.5) is 0 Å². The fourth-order valence-electron chi connectivity index (χ4n) is 1.92. The molecule has 5 heteroatoms. The summed E-state index contributed by atoms with van der Waals surface area (Å²) in [6.45, 7) is 7.93. The molecule has 2 rings (SSSR count). The van der Waals surface area contributed by atoms with E-state index in [-0.39, 0.29) is 11.4 Å². The van der Waals surface area contributed by atoms with Crippen LogP contribution in [0.2, 0.25) is 0 Å². The number of hydrogen-bond acceptors (Lipinski definition) is 3. The molecule has 0 aliphatic carbocycles. The molecule has 0 aromatic heterocycles. The van der Waals surface area contributed by atoms with Gasteiger partial charge in [0.05, 0.1) is 0 Å². The van der Waals surface area contributed by atoms with Crippen molar-refractivity contribution < 1.29 is 4.79 Å². The lowest BCUT2D eigenvalue weighted by Crippen LogP contribution is -2.47. The van der Waals surface area contributed by atoms with Crippen LogP contribution in [0.5, 0.6) is 0 Å². The molecule has 1 atom stereocenters. The molecule has 0 spiro atoms. The lowest BCUT2D eigenvalue weighted by molar-refractivity contribution is -0.123. The summed E-state index contributed by atoms with van der Waals surface area (Å²) in [5, 5.41) is 6.01. The van der Waals surface area contributed by atoms with Crippen LogP contribution in [0.3, 0.4) is 0 Å². The minimum atomic E-state index is -0.849. The molecule has 1 unspecified atom stereocenters. The van der Waals surface area contributed by atoms with Crippen LogP contribution in [-0.2, 0) is 10.3 Å². The summed E-state index contributed by atoms with van der Waals surface area (Å²) < 4.78 is 1.14. The SMILES string of the molecule is CC(C)(C)NC1=NC(C)(c2ccc(I)cc2)C(=O)N1. The first-order valence-corrected chi connectivity index (χ1v) is 7.24. The Bertz CT molecular complexity index is 531. The van der Waals surface area contributed by atoms with Crippen LogP contribution in [0.25, 0.3) is 0 Å². The molecular formula is C14H18IN3O. The molecule has 1 aliphatic heterocycles. The summed E-state index contributed by atoms with van der Waals surface area (Å²) in [7, 11) is 0. The average Bonchev–Trinajstić information content (AvgIpc) is 2.53. The predicted octanol–water partition coefficient (Wildman–Crippen LogP) is 2.38. The normalized spacial score (nSPS) is 23.0. The summed E-state index contributed by atoms with van der Waals surface area (Å²) in [6.07, 6.45) is 0. The minimum Gasteiger partial charge on any atom is -0.351 e. The maximum absolute atomic E-state index is 12.2. The van der Waals surface area contributed by atoms with Crippen molar-refractivity contribution in [2.45, 2.75) is 38.8 Å². The zero-order chi connectivity index (χ0) is 14.3. The van der Waals surface area contributed by atoms with Gasteiger partial charge in [0.15, 0.2) is 11.5 Å². The highest BCUT2D eigenvalue weighted by molar-refractivity contribution is 14.1. The van der Waals surface area contributed by atoms with E-state index >= 15 is 0 Å². The van der Waals surface area contributed by atoms with Gasteiger partial charge in [-0.05, 0) is 68.0 Å². The van der Waals surface area contributed by atoms with Gasteiger partial charge in [0.1, 0.15) is 0 Å². The molecule has 1 aromatic carbocycles. The van der Waals surface area contributed by atoms with E-state index in [4.69, 9.17) is 0 Å². The molecule has 1 heterocycles. The molecule has 2 N–H and O–H groups in total. The maximum Gasteiger partial charge on any atom is 0.259 e. The number of aliphatic imine (C=N–C) groups is 1. The molecule has 1 aromatic rings. The topological polar surface area (TPSA) is 53.5 Å². The van der Waals surface area contributed by atoms with Crippen molar-refractivity contribution in [1.29, 1.82) is 0 Å². The van der Waals surface area contributed by atoms with Crippen molar-refractivity contribution in [3.8, 4) is 0 Å². The van der Waals surface area contributed by atoms with Crippen molar-refractivity contribution in [3.05, 3.63) is 33.4 Å². The van der Waals surface area contributed by atoms with Crippen LogP contribution in [0.1, 0.15) is 33.3 Å². The fourth-order valence-corrected chi connectivity index (χ4v) is 2.28. The Morgan fingerprint density at radius 3 is 2.37 bits per heavy atom. The van der Waals surface area contributed by atoms with Crippen molar-refractivity contribution in [2.24, 2.45) is 4.99 Å². The molecule has 19 heavy (non-hydrogen) atoms. The van der Waals surface area contributed by atoms with Crippen LogP contribution in [-0.4, -0.2) is 17.4 Å². The van der Waals surface area contributed by atoms with Crippen LogP contribution < -0.4 is 10.6 Å². The summed E-state index contributed by atoms with van der Waals surface area (Å²) in [5.41, 5.74) is -0.0856. The molecule has 1 amide bonds. The number of hydrogen-bond donors (Lipinski definition) is 2. The molecule has 0 radical (unpaired) electrons. The average molecular weight is 371 g/mol. The first-order valence-electron chi connectivity index (χ1n) is 6.16. The van der Waals surface area contributed by atoms with Crippen LogP contribution in [0.15, 0.2) is 29.3 Å². The predicted molar refractivity (Wildman–Crippen MR) is 85.0 cm³/mol. The van der Waals surface area contributed by atoms with Gasteiger partial charge in [0.25, 0.3) is 5.91 Å². The summed E-state index contributed by atoms with van der Waals surface area (Å²) in [4.78, 5) is 16.7. The maximum atomic E-state index is 12.2. The summed E-state index contributed by atoms with van der Waals surface area (Å²) >= 11 is 2.24. The Morgan fingerprint density at radius 1 is 1.26 bits per heavy atom. The van der Waals surface area contributed by atoms with Gasteiger partial charge in [-0.1, -0.05) is 12.1 Å². The molecule has 0 saturated carbocycles. The molecule has 0 fully saturated rings. The van der Waals surface area contributed by atoms with Gasteiger partial charge in [0, 0.05) is 9.11 Å². The second-order valence-corrected chi connectivity index (χ2v) is 7.11. The van der Waals surface area contributed by atoms with E-state index in [9.17, 15) is 4.79 Å². The van der Waals surface area contributed by atoms with E-state index < -0.39 is 5.54 Å². The highest BCUT2D eigenvalue weighted by atomic mass is 127. The molecule has 0 saturated heterocycles. The zero-order valence-electron chi connectivity index (χ0n) is 11.5. The number of amides is 1. The van der Waals surface area contributed by atoms with Gasteiger partial charge in [0.2, 0.25) is 0 Å². The third-order valence-electron chi connectivity index (χ3n) is 2.91. The minimum absolute atomic E-state index is 0.0968. The van der Waals surface area contributed by atoms with E-state index in [0.717, 1.165) is 9.13 Å². The quantitative estimate of drug-likeness (QED) is 0.745. The van der Waals surface area contributed by atoms with Gasteiger partial charge in [-0.3, -0.25) is 10.1 Å². The van der Waals surface area contributed by atoms with Gasteiger partial charge in [-0.25, -0.2) is 4.99 Å². The number of carbonyl (C=O) groups excluding carboxylic acids is 1. The first kappa shape index (κ1) is 14.3. The van der Waals surface area contributed by atoms with E-state index in [1.165, 1.54) is 0 Å². The number of nitrogens with zero attached hydrogens (tertiary/aromatic N) is 1. The monoisotopic (exact) mass is 371 g/mol. The number of nitrogens with one attached hydrogen (secondary N) is 2. The van der Waals surface area contributed by atoms with Gasteiger partial charge in [-0.2, -0.15) is 0 Å². The third kappa shape index (κ3) is 3.08. The number of rotatable bonds is 1. The molecule has 1 aliphatic rings.